The Morgan fingerprint density at radius 3 is 2.36 bits per heavy atom. The van der Waals surface area contributed by atoms with Crippen LogP contribution in [0.3, 0.4) is 0 Å². The first-order chi connectivity index (χ1) is 10.6. The number of thioether (sulfide) groups is 1. The first kappa shape index (κ1) is 15.9. The van der Waals surface area contributed by atoms with E-state index in [0.717, 1.165) is 25.5 Å². The van der Waals surface area contributed by atoms with E-state index in [9.17, 15) is 0 Å². The Balaban J connectivity index is 2.24. The minimum absolute atomic E-state index is 0.616. The highest BCUT2D eigenvalue weighted by Gasteiger charge is 2.45. The molecule has 2 aromatic carbocycles. The SMILES string of the molecule is COc1cccc(C2(c3cccc(Br)c3)NC(=S)SC2=S)c1. The largest absolute Gasteiger partial charge is 0.497 e. The summed E-state index contributed by atoms with van der Waals surface area (Å²) in [5, 5.41) is 3.41. The molecule has 2 nitrogen and oxygen atoms in total. The van der Waals surface area contributed by atoms with E-state index in [1.165, 1.54) is 11.8 Å². The molecule has 1 fully saturated rings. The van der Waals surface area contributed by atoms with Crippen LogP contribution in [0.25, 0.3) is 0 Å². The lowest BCUT2D eigenvalue weighted by molar-refractivity contribution is 0.413. The molecule has 112 valence electrons. The fourth-order valence-corrected chi connectivity index (χ4v) is 4.82. The maximum Gasteiger partial charge on any atom is 0.140 e. The van der Waals surface area contributed by atoms with Crippen LogP contribution in [0.15, 0.2) is 53.0 Å². The quantitative estimate of drug-likeness (QED) is 0.742. The van der Waals surface area contributed by atoms with Gasteiger partial charge < -0.3 is 10.1 Å². The molecule has 3 rings (SSSR count). The highest BCUT2D eigenvalue weighted by molar-refractivity contribution is 9.10. The van der Waals surface area contributed by atoms with Gasteiger partial charge in [0.15, 0.2) is 0 Å². The Kier molecular flexibility index (Phi) is 4.54. The molecule has 0 spiro atoms. The van der Waals surface area contributed by atoms with Crippen molar-refractivity contribution in [3.8, 4) is 5.75 Å². The Bertz CT molecular complexity index is 765. The van der Waals surface area contributed by atoms with E-state index < -0.39 is 5.54 Å². The summed E-state index contributed by atoms with van der Waals surface area (Å²) in [5.74, 6) is 0.791. The summed E-state index contributed by atoms with van der Waals surface area (Å²) in [6, 6.07) is 16.0. The summed E-state index contributed by atoms with van der Waals surface area (Å²) in [5.41, 5.74) is 1.45. The Hall–Kier alpha value is -0.950. The molecule has 1 saturated heterocycles. The van der Waals surface area contributed by atoms with Crippen LogP contribution in [0.1, 0.15) is 11.1 Å². The molecule has 0 radical (unpaired) electrons. The van der Waals surface area contributed by atoms with E-state index in [1.807, 2.05) is 36.4 Å². The molecule has 1 atom stereocenters. The van der Waals surface area contributed by atoms with Crippen LogP contribution in [0.2, 0.25) is 0 Å². The molecule has 22 heavy (non-hydrogen) atoms. The average Bonchev–Trinajstić information content (AvgIpc) is 2.83. The van der Waals surface area contributed by atoms with Gasteiger partial charge >= 0.3 is 0 Å². The van der Waals surface area contributed by atoms with Crippen molar-refractivity contribution in [2.45, 2.75) is 5.54 Å². The summed E-state index contributed by atoms with van der Waals surface area (Å²) in [4.78, 5) is 0. The number of ether oxygens (including phenoxy) is 1. The van der Waals surface area contributed by atoms with Crippen LogP contribution in [0.5, 0.6) is 5.75 Å². The van der Waals surface area contributed by atoms with Crippen molar-refractivity contribution in [2.75, 3.05) is 7.11 Å². The monoisotopic (exact) mass is 409 g/mol. The highest BCUT2D eigenvalue weighted by atomic mass is 79.9. The van der Waals surface area contributed by atoms with Gasteiger partial charge in [-0.15, -0.1) is 0 Å². The third kappa shape index (κ3) is 2.69. The number of methoxy groups -OCH3 is 1. The third-order valence-electron chi connectivity index (χ3n) is 3.54. The number of benzene rings is 2. The van der Waals surface area contributed by atoms with Gasteiger partial charge in [-0.1, -0.05) is 76.4 Å². The molecule has 1 N–H and O–H groups in total. The molecule has 1 aliphatic heterocycles. The lowest BCUT2D eigenvalue weighted by atomic mass is 9.84. The van der Waals surface area contributed by atoms with Crippen LogP contribution in [0, 0.1) is 0 Å². The fourth-order valence-electron chi connectivity index (χ4n) is 2.52. The Labute approximate surface area is 152 Å². The van der Waals surface area contributed by atoms with Crippen LogP contribution in [0.4, 0.5) is 0 Å². The van der Waals surface area contributed by atoms with Gasteiger partial charge in [-0.05, 0) is 35.4 Å². The standard InChI is InChI=1S/C16H12BrNOS3/c1-19-13-7-3-5-11(9-13)16(14(20)22-15(21)18-16)10-4-2-6-12(17)8-10/h2-9H,1H3,(H,18,21). The summed E-state index contributed by atoms with van der Waals surface area (Å²) >= 11 is 16.0. The lowest BCUT2D eigenvalue weighted by Crippen LogP contribution is -2.43. The smallest absolute Gasteiger partial charge is 0.140 e. The minimum Gasteiger partial charge on any atom is -0.497 e. The summed E-state index contributed by atoms with van der Waals surface area (Å²) < 4.78 is 7.84. The molecular weight excluding hydrogens is 398 g/mol. The molecule has 0 aromatic heterocycles. The Morgan fingerprint density at radius 2 is 1.77 bits per heavy atom. The minimum atomic E-state index is -0.616. The van der Waals surface area contributed by atoms with Gasteiger partial charge in [0.05, 0.1) is 11.3 Å². The van der Waals surface area contributed by atoms with E-state index in [-0.39, 0.29) is 0 Å². The van der Waals surface area contributed by atoms with Crippen molar-refractivity contribution < 1.29 is 4.74 Å². The third-order valence-corrected chi connectivity index (χ3v) is 5.72. The summed E-state index contributed by atoms with van der Waals surface area (Å²) in [7, 11) is 1.66. The van der Waals surface area contributed by atoms with Gasteiger partial charge in [0, 0.05) is 4.47 Å². The zero-order chi connectivity index (χ0) is 15.7. The fraction of sp³-hybridized carbons (Fsp3) is 0.125. The molecule has 0 saturated carbocycles. The van der Waals surface area contributed by atoms with Gasteiger partial charge in [-0.3, -0.25) is 0 Å². The van der Waals surface area contributed by atoms with Gasteiger partial charge in [0.2, 0.25) is 0 Å². The maximum absolute atomic E-state index is 5.67. The summed E-state index contributed by atoms with van der Waals surface area (Å²) in [6.45, 7) is 0. The maximum atomic E-state index is 5.67. The Morgan fingerprint density at radius 1 is 1.09 bits per heavy atom. The molecule has 6 heteroatoms. The van der Waals surface area contributed by atoms with Crippen molar-refractivity contribution in [3.63, 3.8) is 0 Å². The molecule has 0 amide bonds. The van der Waals surface area contributed by atoms with Gasteiger partial charge in [-0.25, -0.2) is 0 Å². The van der Waals surface area contributed by atoms with Crippen LogP contribution in [-0.2, 0) is 5.54 Å². The van der Waals surface area contributed by atoms with E-state index >= 15 is 0 Å². The summed E-state index contributed by atoms with van der Waals surface area (Å²) in [6.07, 6.45) is 0. The number of nitrogens with one attached hydrogen (secondary N) is 1. The average molecular weight is 410 g/mol. The van der Waals surface area contributed by atoms with Gasteiger partial charge in [0.1, 0.15) is 15.6 Å². The molecule has 1 unspecified atom stereocenters. The molecule has 1 heterocycles. The topological polar surface area (TPSA) is 21.3 Å². The first-order valence-corrected chi connectivity index (χ1v) is 8.94. The molecule has 0 aliphatic carbocycles. The molecule has 2 aromatic rings. The lowest BCUT2D eigenvalue weighted by Gasteiger charge is -2.30. The van der Waals surface area contributed by atoms with Crippen molar-refractivity contribution in [3.05, 3.63) is 64.1 Å². The first-order valence-electron chi connectivity index (χ1n) is 6.51. The predicted octanol–water partition coefficient (Wildman–Crippen LogP) is 4.65. The predicted molar refractivity (Wildman–Crippen MR) is 104 cm³/mol. The van der Waals surface area contributed by atoms with Crippen LogP contribution < -0.4 is 10.1 Å². The second-order valence-electron chi connectivity index (χ2n) is 4.79. The van der Waals surface area contributed by atoms with Crippen molar-refractivity contribution >= 4 is 60.6 Å². The van der Waals surface area contributed by atoms with Crippen molar-refractivity contribution in [2.24, 2.45) is 0 Å². The number of hydrogen-bond donors (Lipinski definition) is 1. The number of hydrogen-bond acceptors (Lipinski definition) is 4. The number of rotatable bonds is 3. The normalized spacial score (nSPS) is 20.8. The van der Waals surface area contributed by atoms with Crippen LogP contribution >= 0.6 is 52.1 Å². The second kappa shape index (κ2) is 6.28. The second-order valence-corrected chi connectivity index (χ2v) is 8.06. The van der Waals surface area contributed by atoms with Gasteiger partial charge in [-0.2, -0.15) is 0 Å². The van der Waals surface area contributed by atoms with E-state index in [0.29, 0.717) is 4.32 Å². The molecule has 1 aliphatic rings. The van der Waals surface area contributed by atoms with Crippen LogP contribution in [-0.4, -0.2) is 15.6 Å². The van der Waals surface area contributed by atoms with E-state index in [1.54, 1.807) is 7.11 Å². The molecule has 0 bridgehead atoms. The molecular formula is C16H12BrNOS3. The van der Waals surface area contributed by atoms with E-state index in [2.05, 4.69) is 33.4 Å². The zero-order valence-corrected chi connectivity index (χ0v) is 15.7. The highest BCUT2D eigenvalue weighted by Crippen LogP contribution is 2.42. The van der Waals surface area contributed by atoms with Gasteiger partial charge in [0.25, 0.3) is 0 Å². The number of halogens is 1. The van der Waals surface area contributed by atoms with Crippen molar-refractivity contribution in [1.82, 2.24) is 5.32 Å². The van der Waals surface area contributed by atoms with Crippen molar-refractivity contribution in [1.29, 1.82) is 0 Å². The van der Waals surface area contributed by atoms with E-state index in [4.69, 9.17) is 29.2 Å². The number of thiocarbonyl (C=S) groups is 2. The zero-order valence-electron chi connectivity index (χ0n) is 11.6.